The van der Waals surface area contributed by atoms with E-state index in [0.717, 1.165) is 63.0 Å². The molecule has 10 nitrogen and oxygen atoms in total. The lowest BCUT2D eigenvalue weighted by molar-refractivity contribution is -0.146. The van der Waals surface area contributed by atoms with Crippen LogP contribution in [0.1, 0.15) is 89.8 Å². The molecule has 2 aliphatic rings. The largest absolute Gasteiger partial charge is 0.480 e. The van der Waals surface area contributed by atoms with Gasteiger partial charge in [-0.1, -0.05) is 31.7 Å². The number of ether oxygens (including phenoxy) is 2. The van der Waals surface area contributed by atoms with Crippen LogP contribution in [0.5, 0.6) is 0 Å². The lowest BCUT2D eigenvalue weighted by atomic mass is 9.78. The van der Waals surface area contributed by atoms with Gasteiger partial charge < -0.3 is 30.5 Å². The molecule has 2 amide bonds. The van der Waals surface area contributed by atoms with E-state index in [0.29, 0.717) is 38.9 Å². The summed E-state index contributed by atoms with van der Waals surface area (Å²) in [6.45, 7) is 7.11. The lowest BCUT2D eigenvalue weighted by Gasteiger charge is -2.36. The van der Waals surface area contributed by atoms with Gasteiger partial charge in [0, 0.05) is 32.0 Å². The van der Waals surface area contributed by atoms with Crippen LogP contribution in [0.4, 0.5) is 10.6 Å². The zero-order valence-corrected chi connectivity index (χ0v) is 23.8. The van der Waals surface area contributed by atoms with Crippen LogP contribution in [0.3, 0.4) is 0 Å². The fraction of sp³-hybridized carbons (Fsp3) is 0.724. The number of aromatic nitrogens is 1. The molecule has 1 saturated heterocycles. The minimum Gasteiger partial charge on any atom is -0.480 e. The van der Waals surface area contributed by atoms with Gasteiger partial charge in [-0.05, 0) is 77.3 Å². The van der Waals surface area contributed by atoms with E-state index >= 15 is 0 Å². The molecule has 0 aliphatic carbocycles. The van der Waals surface area contributed by atoms with E-state index in [1.807, 2.05) is 0 Å². The first-order valence-electron chi connectivity index (χ1n) is 14.4. The maximum absolute atomic E-state index is 13.3. The van der Waals surface area contributed by atoms with E-state index in [9.17, 15) is 19.5 Å². The Kier molecular flexibility index (Phi) is 11.4. The molecule has 1 atom stereocenters. The zero-order valence-electron chi connectivity index (χ0n) is 23.8. The summed E-state index contributed by atoms with van der Waals surface area (Å²) in [5.74, 6) is -0.372. The third-order valence-electron chi connectivity index (χ3n) is 7.38. The van der Waals surface area contributed by atoms with E-state index in [-0.39, 0.29) is 12.5 Å². The SMILES string of the molecule is CC(C)(C)OC(=O)NCC1(C(=O)NC(CCCCCCCc2ccc3c(n2)NCCC3)C(=O)O)CCOCC1. The maximum Gasteiger partial charge on any atom is 0.407 e. The number of carbonyl (C=O) groups is 3. The molecule has 0 aromatic carbocycles. The van der Waals surface area contributed by atoms with Gasteiger partial charge in [-0.15, -0.1) is 0 Å². The highest BCUT2D eigenvalue weighted by Crippen LogP contribution is 2.31. The van der Waals surface area contributed by atoms with Gasteiger partial charge in [-0.2, -0.15) is 0 Å². The Morgan fingerprint density at radius 1 is 1.13 bits per heavy atom. The number of unbranched alkanes of at least 4 members (excludes halogenated alkanes) is 4. The van der Waals surface area contributed by atoms with Crippen molar-refractivity contribution in [3.8, 4) is 0 Å². The maximum atomic E-state index is 13.3. The average molecular weight is 547 g/mol. The number of carboxylic acid groups (broad SMARTS) is 1. The van der Waals surface area contributed by atoms with Crippen LogP contribution in [0.2, 0.25) is 0 Å². The van der Waals surface area contributed by atoms with Crippen LogP contribution in [0.25, 0.3) is 0 Å². The van der Waals surface area contributed by atoms with E-state index in [1.54, 1.807) is 20.8 Å². The number of alkyl carbamates (subject to hydrolysis) is 1. The Hall–Kier alpha value is -2.88. The van der Waals surface area contributed by atoms with E-state index in [2.05, 4.69) is 28.1 Å². The van der Waals surface area contributed by atoms with Gasteiger partial charge in [0.2, 0.25) is 5.91 Å². The van der Waals surface area contributed by atoms with Crippen molar-refractivity contribution < 1.29 is 29.0 Å². The number of nitrogens with one attached hydrogen (secondary N) is 3. The molecule has 0 spiro atoms. The Morgan fingerprint density at radius 2 is 1.85 bits per heavy atom. The third kappa shape index (κ3) is 9.98. The first-order chi connectivity index (χ1) is 18.6. The first-order valence-corrected chi connectivity index (χ1v) is 14.4. The number of nitrogens with zero attached hydrogens (tertiary/aromatic N) is 1. The third-order valence-corrected chi connectivity index (χ3v) is 7.38. The normalized spacial score (nSPS) is 17.3. The van der Waals surface area contributed by atoms with Crippen molar-refractivity contribution in [2.24, 2.45) is 5.41 Å². The lowest BCUT2D eigenvalue weighted by Crippen LogP contribution is -2.55. The summed E-state index contributed by atoms with van der Waals surface area (Å²) in [5.41, 5.74) is 0.828. The van der Waals surface area contributed by atoms with Gasteiger partial charge in [-0.25, -0.2) is 14.6 Å². The molecule has 0 bridgehead atoms. The number of aliphatic carboxylic acids is 1. The summed E-state index contributed by atoms with van der Waals surface area (Å²) in [6, 6.07) is 3.34. The number of hydrogen-bond donors (Lipinski definition) is 4. The Bertz CT molecular complexity index is 971. The van der Waals surface area contributed by atoms with Gasteiger partial charge in [0.05, 0.1) is 5.41 Å². The number of hydrogen-bond acceptors (Lipinski definition) is 7. The summed E-state index contributed by atoms with van der Waals surface area (Å²) in [7, 11) is 0. The molecule has 1 aromatic rings. The van der Waals surface area contributed by atoms with Crippen LogP contribution in [-0.4, -0.2) is 66.0 Å². The summed E-state index contributed by atoms with van der Waals surface area (Å²) >= 11 is 0. The predicted octanol–water partition coefficient (Wildman–Crippen LogP) is 4.21. The standard InChI is InChI=1S/C29H46N4O6/c1-28(2,3)39-27(37)31-20-29(15-18-38-19-16-29)26(36)33-23(25(34)35)12-8-6-4-5-7-11-22-14-13-21-10-9-17-30-24(21)32-22/h13-14,23H,4-12,15-20H2,1-3H3,(H,30,32)(H,31,37)(H,33,36)(H,34,35). The molecule has 10 heteroatoms. The zero-order chi connectivity index (χ0) is 28.3. The van der Waals surface area contributed by atoms with Gasteiger partial charge in [0.15, 0.2) is 0 Å². The average Bonchev–Trinajstić information content (AvgIpc) is 2.90. The molecule has 0 saturated carbocycles. The van der Waals surface area contributed by atoms with E-state index < -0.39 is 29.1 Å². The molecule has 3 rings (SSSR count). The monoisotopic (exact) mass is 546 g/mol. The highest BCUT2D eigenvalue weighted by molar-refractivity contribution is 5.88. The highest BCUT2D eigenvalue weighted by atomic mass is 16.6. The number of anilines is 1. The van der Waals surface area contributed by atoms with Crippen molar-refractivity contribution >= 4 is 23.8 Å². The number of carboxylic acids is 1. The summed E-state index contributed by atoms with van der Waals surface area (Å²) in [4.78, 5) is 42.2. The van der Waals surface area contributed by atoms with Gasteiger partial charge in [-0.3, -0.25) is 4.79 Å². The molecule has 4 N–H and O–H groups in total. The van der Waals surface area contributed by atoms with Gasteiger partial charge >= 0.3 is 12.1 Å². The Morgan fingerprint density at radius 3 is 2.56 bits per heavy atom. The predicted molar refractivity (Wildman–Crippen MR) is 149 cm³/mol. The van der Waals surface area contributed by atoms with E-state index in [1.165, 1.54) is 5.56 Å². The smallest absolute Gasteiger partial charge is 0.407 e. The van der Waals surface area contributed by atoms with Crippen molar-refractivity contribution in [1.82, 2.24) is 15.6 Å². The number of fused-ring (bicyclic) bond motifs is 1. The second-order valence-corrected chi connectivity index (χ2v) is 11.8. The topological polar surface area (TPSA) is 139 Å². The van der Waals surface area contributed by atoms with Crippen LogP contribution in [0, 0.1) is 5.41 Å². The Labute approximate surface area is 232 Å². The molecular formula is C29H46N4O6. The minimum atomic E-state index is -1.04. The van der Waals surface area contributed by atoms with Crippen molar-refractivity contribution in [3.63, 3.8) is 0 Å². The van der Waals surface area contributed by atoms with Crippen molar-refractivity contribution in [1.29, 1.82) is 0 Å². The van der Waals surface area contributed by atoms with E-state index in [4.69, 9.17) is 14.5 Å². The highest BCUT2D eigenvalue weighted by Gasteiger charge is 2.42. The molecule has 3 heterocycles. The molecule has 39 heavy (non-hydrogen) atoms. The number of pyridine rings is 1. The summed E-state index contributed by atoms with van der Waals surface area (Å²) in [6.07, 6.45) is 8.45. The molecule has 1 unspecified atom stereocenters. The first kappa shape index (κ1) is 30.7. The fourth-order valence-electron chi connectivity index (χ4n) is 5.06. The van der Waals surface area contributed by atoms with Crippen molar-refractivity contribution in [3.05, 3.63) is 23.4 Å². The van der Waals surface area contributed by atoms with Crippen LogP contribution in [0.15, 0.2) is 12.1 Å². The minimum absolute atomic E-state index is 0.0680. The molecule has 2 aliphatic heterocycles. The van der Waals surface area contributed by atoms with Crippen molar-refractivity contribution in [2.45, 2.75) is 103 Å². The summed E-state index contributed by atoms with van der Waals surface area (Å²) in [5, 5.41) is 18.6. The van der Waals surface area contributed by atoms with Crippen LogP contribution in [-0.2, 0) is 31.9 Å². The van der Waals surface area contributed by atoms with Gasteiger partial charge in [0.1, 0.15) is 17.5 Å². The molecule has 218 valence electrons. The molecular weight excluding hydrogens is 500 g/mol. The fourth-order valence-corrected chi connectivity index (χ4v) is 5.06. The summed E-state index contributed by atoms with van der Waals surface area (Å²) < 4.78 is 10.7. The second-order valence-electron chi connectivity index (χ2n) is 11.8. The van der Waals surface area contributed by atoms with Gasteiger partial charge in [0.25, 0.3) is 0 Å². The number of amides is 2. The Balaban J connectivity index is 1.40. The molecule has 0 radical (unpaired) electrons. The number of rotatable bonds is 13. The molecule has 1 fully saturated rings. The van der Waals surface area contributed by atoms with Crippen LogP contribution < -0.4 is 16.0 Å². The second kappa shape index (κ2) is 14.5. The number of aryl methyl sites for hydroxylation is 2. The quantitative estimate of drug-likeness (QED) is 0.270. The number of carbonyl (C=O) groups excluding carboxylic acids is 2. The van der Waals surface area contributed by atoms with Crippen LogP contribution >= 0.6 is 0 Å². The van der Waals surface area contributed by atoms with Crippen molar-refractivity contribution in [2.75, 3.05) is 31.6 Å². The molecule has 1 aromatic heterocycles.